The molecule has 0 unspecified atom stereocenters. The zero-order chi connectivity index (χ0) is 15.1. The van der Waals surface area contributed by atoms with Gasteiger partial charge in [-0.2, -0.15) is 0 Å². The van der Waals surface area contributed by atoms with Crippen molar-refractivity contribution in [1.29, 1.82) is 0 Å². The third-order valence-electron chi connectivity index (χ3n) is 3.37. The van der Waals surface area contributed by atoms with Gasteiger partial charge in [-0.25, -0.2) is 0 Å². The van der Waals surface area contributed by atoms with Gasteiger partial charge in [-0.3, -0.25) is 9.59 Å². The summed E-state index contributed by atoms with van der Waals surface area (Å²) in [5, 5.41) is 0. The summed E-state index contributed by atoms with van der Waals surface area (Å²) in [5.41, 5.74) is 0. The van der Waals surface area contributed by atoms with Crippen LogP contribution in [-0.2, 0) is 19.1 Å². The molecule has 1 rings (SSSR count). The molecule has 4 heteroatoms. The van der Waals surface area contributed by atoms with E-state index in [9.17, 15) is 9.59 Å². The number of esters is 2. The van der Waals surface area contributed by atoms with Crippen molar-refractivity contribution in [3.05, 3.63) is 0 Å². The molecular weight excluding hydrogens is 256 g/mol. The van der Waals surface area contributed by atoms with E-state index < -0.39 is 0 Å². The summed E-state index contributed by atoms with van der Waals surface area (Å²) in [7, 11) is 0. The normalized spacial score (nSPS) is 22.9. The van der Waals surface area contributed by atoms with Crippen molar-refractivity contribution in [1.82, 2.24) is 0 Å². The molecule has 0 heterocycles. The van der Waals surface area contributed by atoms with Gasteiger partial charge in [0.25, 0.3) is 0 Å². The first-order valence-corrected chi connectivity index (χ1v) is 7.75. The molecule has 0 atom stereocenters. The Morgan fingerprint density at radius 2 is 1.10 bits per heavy atom. The van der Waals surface area contributed by atoms with Crippen LogP contribution in [0.1, 0.15) is 66.2 Å². The lowest BCUT2D eigenvalue weighted by Crippen LogP contribution is -2.30. The Hall–Kier alpha value is -1.06. The standard InChI is InChI=1S/C16H28O4/c1-11(2)9-15(17)19-13-5-7-14(8-6-13)20-16(18)10-12(3)4/h11-14H,5-10H2,1-4H3. The van der Waals surface area contributed by atoms with Crippen molar-refractivity contribution < 1.29 is 19.1 Å². The van der Waals surface area contributed by atoms with Gasteiger partial charge in [0, 0.05) is 12.8 Å². The molecule has 0 aromatic carbocycles. The molecule has 0 N–H and O–H groups in total. The number of hydrogen-bond donors (Lipinski definition) is 0. The summed E-state index contributed by atoms with van der Waals surface area (Å²) in [5.74, 6) is 0.437. The maximum atomic E-state index is 11.6. The summed E-state index contributed by atoms with van der Waals surface area (Å²) in [4.78, 5) is 23.2. The van der Waals surface area contributed by atoms with Gasteiger partial charge in [0.15, 0.2) is 0 Å². The van der Waals surface area contributed by atoms with E-state index in [1.807, 2.05) is 27.7 Å². The van der Waals surface area contributed by atoms with Gasteiger partial charge in [-0.15, -0.1) is 0 Å². The summed E-state index contributed by atoms with van der Waals surface area (Å²) < 4.78 is 10.9. The molecule has 0 saturated heterocycles. The molecule has 0 aromatic rings. The minimum atomic E-state index is -0.111. The van der Waals surface area contributed by atoms with E-state index in [1.54, 1.807) is 0 Å². The van der Waals surface area contributed by atoms with Crippen LogP contribution in [0.2, 0.25) is 0 Å². The van der Waals surface area contributed by atoms with Crippen LogP contribution in [0.4, 0.5) is 0 Å². The molecule has 1 aliphatic carbocycles. The lowest BCUT2D eigenvalue weighted by Gasteiger charge is -2.28. The molecule has 1 aliphatic rings. The van der Waals surface area contributed by atoms with E-state index in [0.29, 0.717) is 24.7 Å². The molecule has 0 bridgehead atoms. The van der Waals surface area contributed by atoms with Gasteiger partial charge in [0.1, 0.15) is 12.2 Å². The van der Waals surface area contributed by atoms with Gasteiger partial charge in [0.2, 0.25) is 0 Å². The highest BCUT2D eigenvalue weighted by molar-refractivity contribution is 5.70. The summed E-state index contributed by atoms with van der Waals surface area (Å²) in [6, 6.07) is 0. The van der Waals surface area contributed by atoms with Crippen LogP contribution in [-0.4, -0.2) is 24.1 Å². The highest BCUT2D eigenvalue weighted by Gasteiger charge is 2.26. The van der Waals surface area contributed by atoms with Crippen molar-refractivity contribution in [3.63, 3.8) is 0 Å². The van der Waals surface area contributed by atoms with E-state index in [4.69, 9.17) is 9.47 Å². The van der Waals surface area contributed by atoms with E-state index in [-0.39, 0.29) is 24.1 Å². The average Bonchev–Trinajstić information content (AvgIpc) is 2.29. The fraction of sp³-hybridized carbons (Fsp3) is 0.875. The Morgan fingerprint density at radius 1 is 0.800 bits per heavy atom. The lowest BCUT2D eigenvalue weighted by atomic mass is 9.94. The Morgan fingerprint density at radius 3 is 1.35 bits per heavy atom. The Labute approximate surface area is 122 Å². The van der Waals surface area contributed by atoms with Gasteiger partial charge in [-0.1, -0.05) is 27.7 Å². The second-order valence-electron chi connectivity index (χ2n) is 6.57. The van der Waals surface area contributed by atoms with Gasteiger partial charge >= 0.3 is 11.9 Å². The highest BCUT2D eigenvalue weighted by atomic mass is 16.6. The summed E-state index contributed by atoms with van der Waals surface area (Å²) >= 11 is 0. The van der Waals surface area contributed by atoms with Crippen LogP contribution >= 0.6 is 0 Å². The minimum Gasteiger partial charge on any atom is -0.462 e. The van der Waals surface area contributed by atoms with Crippen molar-refractivity contribution in [2.45, 2.75) is 78.4 Å². The molecular formula is C16H28O4. The third-order valence-corrected chi connectivity index (χ3v) is 3.37. The van der Waals surface area contributed by atoms with E-state index in [1.165, 1.54) is 0 Å². The maximum Gasteiger partial charge on any atom is 0.306 e. The number of carbonyl (C=O) groups is 2. The predicted octanol–water partition coefficient (Wildman–Crippen LogP) is 3.48. The first-order valence-electron chi connectivity index (χ1n) is 7.75. The fourth-order valence-electron chi connectivity index (χ4n) is 2.40. The van der Waals surface area contributed by atoms with Gasteiger partial charge in [-0.05, 0) is 37.5 Å². The zero-order valence-electron chi connectivity index (χ0n) is 13.2. The smallest absolute Gasteiger partial charge is 0.306 e. The fourth-order valence-corrected chi connectivity index (χ4v) is 2.40. The molecule has 4 nitrogen and oxygen atoms in total. The van der Waals surface area contributed by atoms with Gasteiger partial charge < -0.3 is 9.47 Å². The predicted molar refractivity (Wildman–Crippen MR) is 77.1 cm³/mol. The number of rotatable bonds is 6. The second kappa shape index (κ2) is 8.28. The quantitative estimate of drug-likeness (QED) is 0.701. The van der Waals surface area contributed by atoms with Crippen molar-refractivity contribution in [2.24, 2.45) is 11.8 Å². The maximum absolute atomic E-state index is 11.6. The highest BCUT2D eigenvalue weighted by Crippen LogP contribution is 2.24. The molecule has 116 valence electrons. The van der Waals surface area contributed by atoms with E-state index >= 15 is 0 Å². The lowest BCUT2D eigenvalue weighted by molar-refractivity contribution is -0.159. The summed E-state index contributed by atoms with van der Waals surface area (Å²) in [6.07, 6.45) is 4.13. The monoisotopic (exact) mass is 284 g/mol. The molecule has 0 radical (unpaired) electrons. The third kappa shape index (κ3) is 6.92. The van der Waals surface area contributed by atoms with Crippen LogP contribution < -0.4 is 0 Å². The first kappa shape index (κ1) is 17.0. The number of ether oxygens (including phenoxy) is 2. The Bertz CT molecular complexity index is 282. The average molecular weight is 284 g/mol. The van der Waals surface area contributed by atoms with Crippen LogP contribution in [0, 0.1) is 11.8 Å². The Kier molecular flexibility index (Phi) is 7.03. The molecule has 1 saturated carbocycles. The van der Waals surface area contributed by atoms with Crippen LogP contribution in [0.5, 0.6) is 0 Å². The van der Waals surface area contributed by atoms with E-state index in [2.05, 4.69) is 0 Å². The van der Waals surface area contributed by atoms with Crippen molar-refractivity contribution >= 4 is 11.9 Å². The SMILES string of the molecule is CC(C)CC(=O)OC1CCC(OC(=O)CC(C)C)CC1. The number of carbonyl (C=O) groups excluding carboxylic acids is 2. The van der Waals surface area contributed by atoms with Crippen LogP contribution in [0.25, 0.3) is 0 Å². The minimum absolute atomic E-state index is 0.00120. The molecule has 0 amide bonds. The molecule has 0 aromatic heterocycles. The molecule has 20 heavy (non-hydrogen) atoms. The molecule has 0 spiro atoms. The van der Waals surface area contributed by atoms with E-state index in [0.717, 1.165) is 25.7 Å². The van der Waals surface area contributed by atoms with Crippen molar-refractivity contribution in [3.8, 4) is 0 Å². The largest absolute Gasteiger partial charge is 0.462 e. The molecule has 0 aliphatic heterocycles. The van der Waals surface area contributed by atoms with Gasteiger partial charge in [0.05, 0.1) is 0 Å². The van der Waals surface area contributed by atoms with Crippen LogP contribution in [0.3, 0.4) is 0 Å². The molecule has 1 fully saturated rings. The zero-order valence-corrected chi connectivity index (χ0v) is 13.2. The number of hydrogen-bond acceptors (Lipinski definition) is 4. The van der Waals surface area contributed by atoms with Crippen molar-refractivity contribution in [2.75, 3.05) is 0 Å². The first-order chi connectivity index (χ1) is 9.36. The summed E-state index contributed by atoms with van der Waals surface area (Å²) in [6.45, 7) is 8.03. The second-order valence-corrected chi connectivity index (χ2v) is 6.57. The topological polar surface area (TPSA) is 52.6 Å². The van der Waals surface area contributed by atoms with Crippen LogP contribution in [0.15, 0.2) is 0 Å². The Balaban J connectivity index is 2.23.